The summed E-state index contributed by atoms with van der Waals surface area (Å²) in [6, 6.07) is 10.7. The van der Waals surface area contributed by atoms with E-state index in [4.69, 9.17) is 0 Å². The van der Waals surface area contributed by atoms with Gasteiger partial charge in [-0.1, -0.05) is 30.4 Å². The molecule has 2 nitrogen and oxygen atoms in total. The predicted octanol–water partition coefficient (Wildman–Crippen LogP) is 4.11. The third-order valence-electron chi connectivity index (χ3n) is 3.56. The maximum atomic E-state index is 10.2. The molecule has 2 aromatic carbocycles. The van der Waals surface area contributed by atoms with E-state index in [1.54, 1.807) is 24.3 Å². The Morgan fingerprint density at radius 3 is 2.74 bits per heavy atom. The van der Waals surface area contributed by atoms with Gasteiger partial charge in [0.2, 0.25) is 0 Å². The van der Waals surface area contributed by atoms with Crippen molar-refractivity contribution in [2.45, 2.75) is 19.3 Å². The van der Waals surface area contributed by atoms with Gasteiger partial charge in [-0.05, 0) is 54.2 Å². The molecule has 0 saturated heterocycles. The van der Waals surface area contributed by atoms with Crippen LogP contribution in [-0.2, 0) is 6.42 Å². The third kappa shape index (κ3) is 2.22. The van der Waals surface area contributed by atoms with Crippen molar-refractivity contribution in [3.63, 3.8) is 0 Å². The fraction of sp³-hybridized carbons (Fsp3) is 0.176. The average Bonchev–Trinajstić information content (AvgIpc) is 2.63. The van der Waals surface area contributed by atoms with Gasteiger partial charge in [0.15, 0.2) is 0 Å². The normalized spacial score (nSPS) is 13.9. The van der Waals surface area contributed by atoms with Crippen LogP contribution in [0.25, 0.3) is 17.2 Å². The van der Waals surface area contributed by atoms with Crippen molar-refractivity contribution in [2.75, 3.05) is 0 Å². The van der Waals surface area contributed by atoms with Crippen molar-refractivity contribution >= 4 is 6.08 Å². The zero-order valence-corrected chi connectivity index (χ0v) is 10.6. The van der Waals surface area contributed by atoms with Crippen molar-refractivity contribution < 1.29 is 10.2 Å². The first-order valence-corrected chi connectivity index (χ1v) is 6.56. The van der Waals surface area contributed by atoms with Gasteiger partial charge in [0.1, 0.15) is 11.5 Å². The van der Waals surface area contributed by atoms with Crippen LogP contribution in [-0.4, -0.2) is 10.2 Å². The molecule has 0 radical (unpaired) electrons. The zero-order chi connectivity index (χ0) is 13.2. The Labute approximate surface area is 112 Å². The van der Waals surface area contributed by atoms with Crippen molar-refractivity contribution in [3.8, 4) is 22.6 Å². The lowest BCUT2D eigenvalue weighted by molar-refractivity contribution is 0.474. The van der Waals surface area contributed by atoms with Crippen LogP contribution in [0.15, 0.2) is 42.5 Å². The summed E-state index contributed by atoms with van der Waals surface area (Å²) in [4.78, 5) is 0. The van der Waals surface area contributed by atoms with Crippen LogP contribution in [0.5, 0.6) is 11.5 Å². The number of allylic oxidation sites excluding steroid dienone is 1. The SMILES string of the molecule is Oc1cccc(-c2c(O)ccc3c2CCCC=C3)c1. The average molecular weight is 252 g/mol. The monoisotopic (exact) mass is 252 g/mol. The van der Waals surface area contributed by atoms with Gasteiger partial charge in [0.25, 0.3) is 0 Å². The molecule has 3 rings (SSSR count). The van der Waals surface area contributed by atoms with E-state index in [9.17, 15) is 10.2 Å². The largest absolute Gasteiger partial charge is 0.508 e. The van der Waals surface area contributed by atoms with Crippen molar-refractivity contribution in [1.82, 2.24) is 0 Å². The first-order chi connectivity index (χ1) is 9.25. The van der Waals surface area contributed by atoms with Gasteiger partial charge in [-0.25, -0.2) is 0 Å². The summed E-state index contributed by atoms with van der Waals surface area (Å²) in [6.07, 6.45) is 7.39. The second-order valence-electron chi connectivity index (χ2n) is 4.87. The van der Waals surface area contributed by atoms with E-state index < -0.39 is 0 Å². The van der Waals surface area contributed by atoms with E-state index in [-0.39, 0.29) is 11.5 Å². The Hall–Kier alpha value is -2.22. The Bertz CT molecular complexity index is 642. The maximum absolute atomic E-state index is 10.2. The first kappa shape index (κ1) is 11.8. The molecule has 96 valence electrons. The number of hydrogen-bond donors (Lipinski definition) is 2. The predicted molar refractivity (Wildman–Crippen MR) is 77.2 cm³/mol. The van der Waals surface area contributed by atoms with E-state index in [1.807, 2.05) is 12.1 Å². The van der Waals surface area contributed by atoms with Crippen LogP contribution in [0.2, 0.25) is 0 Å². The standard InChI is InChI=1S/C17H16O2/c18-14-7-4-6-13(11-14)17-15-8-3-1-2-5-12(15)9-10-16(17)19/h2,4-7,9-11,18-19H,1,3,8H2. The number of benzene rings is 2. The van der Waals surface area contributed by atoms with Crippen molar-refractivity contribution in [2.24, 2.45) is 0 Å². The second kappa shape index (κ2) is 4.81. The molecule has 19 heavy (non-hydrogen) atoms. The summed E-state index contributed by atoms with van der Waals surface area (Å²) < 4.78 is 0. The molecule has 0 atom stereocenters. The lowest BCUT2D eigenvalue weighted by atomic mass is 9.92. The summed E-state index contributed by atoms with van der Waals surface area (Å²) in [5.41, 5.74) is 4.04. The molecule has 0 aliphatic heterocycles. The Morgan fingerprint density at radius 1 is 1.00 bits per heavy atom. The molecule has 2 aromatic rings. The van der Waals surface area contributed by atoms with Crippen LogP contribution in [0.3, 0.4) is 0 Å². The van der Waals surface area contributed by atoms with Gasteiger partial charge in [0, 0.05) is 5.56 Å². The number of phenols is 2. The van der Waals surface area contributed by atoms with Gasteiger partial charge in [-0.3, -0.25) is 0 Å². The van der Waals surface area contributed by atoms with E-state index in [2.05, 4.69) is 12.2 Å². The molecule has 0 amide bonds. The first-order valence-electron chi connectivity index (χ1n) is 6.56. The minimum Gasteiger partial charge on any atom is -0.508 e. The van der Waals surface area contributed by atoms with Crippen molar-refractivity contribution in [3.05, 3.63) is 53.6 Å². The zero-order valence-electron chi connectivity index (χ0n) is 10.6. The molecule has 0 saturated carbocycles. The number of aromatic hydroxyl groups is 2. The van der Waals surface area contributed by atoms with Gasteiger partial charge in [-0.2, -0.15) is 0 Å². The van der Waals surface area contributed by atoms with Crippen molar-refractivity contribution in [1.29, 1.82) is 0 Å². The van der Waals surface area contributed by atoms with Gasteiger partial charge in [-0.15, -0.1) is 0 Å². The molecule has 0 fully saturated rings. The molecular weight excluding hydrogens is 236 g/mol. The minimum atomic E-state index is 0.221. The number of phenolic OH excluding ortho intramolecular Hbond substituents is 2. The van der Waals surface area contributed by atoms with Crippen LogP contribution < -0.4 is 0 Å². The van der Waals surface area contributed by atoms with E-state index in [0.717, 1.165) is 36.0 Å². The minimum absolute atomic E-state index is 0.221. The molecule has 2 N–H and O–H groups in total. The highest BCUT2D eigenvalue weighted by Crippen LogP contribution is 2.38. The van der Waals surface area contributed by atoms with Gasteiger partial charge < -0.3 is 10.2 Å². The summed E-state index contributed by atoms with van der Waals surface area (Å²) in [5, 5.41) is 19.8. The summed E-state index contributed by atoms with van der Waals surface area (Å²) in [6.45, 7) is 0. The molecule has 0 bridgehead atoms. The molecule has 0 spiro atoms. The highest BCUT2D eigenvalue weighted by Gasteiger charge is 2.15. The topological polar surface area (TPSA) is 40.5 Å². The highest BCUT2D eigenvalue weighted by atomic mass is 16.3. The van der Waals surface area contributed by atoms with Crippen LogP contribution in [0.1, 0.15) is 24.0 Å². The summed E-state index contributed by atoms with van der Waals surface area (Å²) in [5.74, 6) is 0.498. The summed E-state index contributed by atoms with van der Waals surface area (Å²) >= 11 is 0. The maximum Gasteiger partial charge on any atom is 0.123 e. The molecule has 0 aromatic heterocycles. The molecule has 0 heterocycles. The van der Waals surface area contributed by atoms with Crippen LogP contribution in [0, 0.1) is 0 Å². The molecular formula is C17H16O2. The fourth-order valence-corrected chi connectivity index (χ4v) is 2.67. The quantitative estimate of drug-likeness (QED) is 0.801. The van der Waals surface area contributed by atoms with Crippen LogP contribution in [0.4, 0.5) is 0 Å². The lowest BCUT2D eigenvalue weighted by Crippen LogP contribution is -1.93. The third-order valence-corrected chi connectivity index (χ3v) is 3.56. The molecule has 1 aliphatic carbocycles. The highest BCUT2D eigenvalue weighted by molar-refractivity contribution is 5.79. The number of hydrogen-bond acceptors (Lipinski definition) is 2. The molecule has 1 aliphatic rings. The van der Waals surface area contributed by atoms with Gasteiger partial charge >= 0.3 is 0 Å². The Morgan fingerprint density at radius 2 is 1.89 bits per heavy atom. The Balaban J connectivity index is 2.23. The molecule has 2 heteroatoms. The second-order valence-corrected chi connectivity index (χ2v) is 4.87. The van der Waals surface area contributed by atoms with E-state index in [1.165, 1.54) is 5.56 Å². The fourth-order valence-electron chi connectivity index (χ4n) is 2.67. The lowest BCUT2D eigenvalue weighted by Gasteiger charge is -2.14. The summed E-state index contributed by atoms with van der Waals surface area (Å²) in [7, 11) is 0. The smallest absolute Gasteiger partial charge is 0.123 e. The van der Waals surface area contributed by atoms with Gasteiger partial charge in [0.05, 0.1) is 0 Å². The van der Waals surface area contributed by atoms with E-state index >= 15 is 0 Å². The number of rotatable bonds is 1. The Kier molecular flexibility index (Phi) is 3.00. The number of fused-ring (bicyclic) bond motifs is 1. The van der Waals surface area contributed by atoms with Crippen LogP contribution >= 0.6 is 0 Å². The molecule has 0 unspecified atom stereocenters. The van der Waals surface area contributed by atoms with E-state index in [0.29, 0.717) is 0 Å².